The Morgan fingerprint density at radius 2 is 0.913 bits per heavy atom. The second kappa shape index (κ2) is 10.8. The van der Waals surface area contributed by atoms with E-state index < -0.39 is 34.5 Å². The van der Waals surface area contributed by atoms with E-state index in [9.17, 15) is 0 Å². The van der Waals surface area contributed by atoms with Gasteiger partial charge in [-0.25, -0.2) is 4.90 Å². The van der Waals surface area contributed by atoms with Gasteiger partial charge in [0.05, 0.1) is 28.4 Å². The van der Waals surface area contributed by atoms with Crippen molar-refractivity contribution >= 4 is 80.2 Å². The summed E-state index contributed by atoms with van der Waals surface area (Å²) in [5.41, 5.74) is 1.86. The van der Waals surface area contributed by atoms with Crippen LogP contribution in [0.1, 0.15) is 22.3 Å². The first-order valence-corrected chi connectivity index (χ1v) is 16.7. The molecular weight excluding hydrogens is 728 g/mol. The summed E-state index contributed by atoms with van der Waals surface area (Å²) in [6.07, 6.45) is 0. The number of benzene rings is 5. The molecule has 4 nitrogen and oxygen atoms in total. The van der Waals surface area contributed by atoms with Crippen LogP contribution in [0.3, 0.4) is 0 Å². The van der Waals surface area contributed by atoms with Crippen molar-refractivity contribution in [3.05, 3.63) is 169 Å². The molecule has 7 heteroatoms. The molecule has 8 rings (SSSR count). The highest BCUT2D eigenvalue weighted by Crippen LogP contribution is 2.74. The molecule has 0 N–H and O–H groups in total. The largest absolute Gasteiger partial charge is 0.297 e. The molecule has 5 aromatic carbocycles. The summed E-state index contributed by atoms with van der Waals surface area (Å²) in [5.74, 6) is -3.00. The van der Waals surface area contributed by atoms with Crippen molar-refractivity contribution in [3.8, 4) is 0 Å². The molecule has 0 spiro atoms. The molecule has 1 aliphatic heterocycles. The Labute approximate surface area is 289 Å². The lowest BCUT2D eigenvalue weighted by atomic mass is 9.59. The molecule has 1 saturated heterocycles. The third-order valence-electron chi connectivity index (χ3n) is 9.81. The number of carbonyl (C=O) groups excluding carboxylic acids is 3. The lowest BCUT2D eigenvalue weighted by Crippen LogP contribution is -2.45. The number of allylic oxidation sites excluding steroid dienone is 2. The molecule has 2 bridgehead atoms. The fraction of sp³-hybridized carbons (Fsp3) is 0.103. The number of carbonyl (C=O) groups is 3. The van der Waals surface area contributed by atoms with Gasteiger partial charge in [-0.3, -0.25) is 14.4 Å². The topological polar surface area (TPSA) is 54.5 Å². The predicted octanol–water partition coefficient (Wildman–Crippen LogP) is 8.79. The standard InChI is InChI=1S/C39H24Cl2INO3/c40-27-19-15-25(16-20-27)38-31(23-9-3-1-4-10-23)32(24-11-5-2-6-12-24)39(37(38)46,26-17-21-28(41)22-18-26)34-33(38)35(44)43(36(34)45)30-14-8-7-13-29(30)42/h1-22,33-34H/t33-,34-,38+,39+/m1/s1. The van der Waals surface area contributed by atoms with Crippen LogP contribution < -0.4 is 4.90 Å². The van der Waals surface area contributed by atoms with Crippen molar-refractivity contribution in [1.29, 1.82) is 0 Å². The summed E-state index contributed by atoms with van der Waals surface area (Å²) in [4.78, 5) is 47.4. The first-order valence-electron chi connectivity index (χ1n) is 14.9. The average Bonchev–Trinajstić information content (AvgIpc) is 3.58. The molecule has 2 aliphatic carbocycles. The van der Waals surface area contributed by atoms with Gasteiger partial charge in [0.2, 0.25) is 11.8 Å². The van der Waals surface area contributed by atoms with Crippen molar-refractivity contribution in [1.82, 2.24) is 0 Å². The minimum absolute atomic E-state index is 0.193. The number of imide groups is 1. The van der Waals surface area contributed by atoms with Gasteiger partial charge in [0.1, 0.15) is 0 Å². The molecule has 0 radical (unpaired) electrons. The molecule has 0 unspecified atom stereocenters. The van der Waals surface area contributed by atoms with Crippen LogP contribution in [0.15, 0.2) is 133 Å². The van der Waals surface area contributed by atoms with E-state index >= 15 is 14.4 Å². The van der Waals surface area contributed by atoms with Gasteiger partial charge in [0.25, 0.3) is 0 Å². The zero-order chi connectivity index (χ0) is 31.8. The smallest absolute Gasteiger partial charge is 0.239 e. The maximum absolute atomic E-state index is 15.9. The minimum atomic E-state index is -1.50. The van der Waals surface area contributed by atoms with E-state index in [-0.39, 0.29) is 5.78 Å². The number of nitrogens with zero attached hydrogens (tertiary/aromatic N) is 1. The molecule has 224 valence electrons. The molecule has 2 fully saturated rings. The Morgan fingerprint density at radius 1 is 0.522 bits per heavy atom. The average molecular weight is 752 g/mol. The summed E-state index contributed by atoms with van der Waals surface area (Å²) >= 11 is 15.0. The van der Waals surface area contributed by atoms with Crippen LogP contribution in [-0.2, 0) is 25.2 Å². The summed E-state index contributed by atoms with van der Waals surface area (Å²) in [6, 6.07) is 41.2. The maximum Gasteiger partial charge on any atom is 0.239 e. The monoisotopic (exact) mass is 751 g/mol. The quantitative estimate of drug-likeness (QED) is 0.133. The third-order valence-corrected chi connectivity index (χ3v) is 11.2. The van der Waals surface area contributed by atoms with Crippen molar-refractivity contribution in [2.45, 2.75) is 10.8 Å². The molecule has 3 aliphatic rings. The Bertz CT molecular complexity index is 1970. The number of ketones is 1. The molecule has 4 atom stereocenters. The molecular formula is C39H24Cl2INO3. The van der Waals surface area contributed by atoms with E-state index in [0.717, 1.165) is 25.8 Å². The highest BCUT2D eigenvalue weighted by molar-refractivity contribution is 14.1. The summed E-state index contributed by atoms with van der Waals surface area (Å²) in [7, 11) is 0. The maximum atomic E-state index is 15.9. The zero-order valence-electron chi connectivity index (χ0n) is 24.2. The van der Waals surface area contributed by atoms with Gasteiger partial charge in [0, 0.05) is 13.6 Å². The Morgan fingerprint density at radius 3 is 1.33 bits per heavy atom. The van der Waals surface area contributed by atoms with Crippen molar-refractivity contribution in [3.63, 3.8) is 0 Å². The molecule has 2 amide bonds. The van der Waals surface area contributed by atoms with Gasteiger partial charge in [-0.1, -0.05) is 120 Å². The Kier molecular flexibility index (Phi) is 6.87. The molecule has 46 heavy (non-hydrogen) atoms. The van der Waals surface area contributed by atoms with Crippen molar-refractivity contribution < 1.29 is 14.4 Å². The number of hydrogen-bond acceptors (Lipinski definition) is 3. The number of Topliss-reactive ketones (excluding diaryl/α,β-unsaturated/α-hetero) is 1. The fourth-order valence-corrected chi connectivity index (χ4v) is 9.11. The van der Waals surface area contributed by atoms with Crippen LogP contribution in [0.25, 0.3) is 11.1 Å². The van der Waals surface area contributed by atoms with Crippen LogP contribution >= 0.6 is 45.8 Å². The van der Waals surface area contributed by atoms with E-state index in [1.807, 2.05) is 103 Å². The molecule has 5 aromatic rings. The van der Waals surface area contributed by atoms with E-state index in [0.29, 0.717) is 26.9 Å². The number of anilines is 1. The highest BCUT2D eigenvalue weighted by Gasteiger charge is 2.82. The Hall–Kier alpha value is -4.04. The number of para-hydroxylation sites is 1. The molecule has 0 aromatic heterocycles. The highest BCUT2D eigenvalue weighted by atomic mass is 127. The van der Waals surface area contributed by atoms with Gasteiger partial charge in [-0.05, 0) is 92.4 Å². The number of amides is 2. The van der Waals surface area contributed by atoms with E-state index in [2.05, 4.69) is 22.6 Å². The van der Waals surface area contributed by atoms with E-state index in [4.69, 9.17) is 23.2 Å². The Balaban J connectivity index is 1.57. The number of halogens is 3. The first kappa shape index (κ1) is 29.4. The number of fused-ring (bicyclic) bond motifs is 5. The lowest BCUT2D eigenvalue weighted by molar-refractivity contribution is -0.130. The fourth-order valence-electron chi connectivity index (χ4n) is 8.23. The number of rotatable bonds is 5. The van der Waals surface area contributed by atoms with Gasteiger partial charge in [0.15, 0.2) is 5.78 Å². The molecule has 1 saturated carbocycles. The second-order valence-electron chi connectivity index (χ2n) is 11.9. The van der Waals surface area contributed by atoms with E-state index in [1.165, 1.54) is 4.90 Å². The first-order chi connectivity index (χ1) is 22.3. The normalized spacial score (nSPS) is 25.0. The second-order valence-corrected chi connectivity index (χ2v) is 13.9. The summed E-state index contributed by atoms with van der Waals surface area (Å²) in [6.45, 7) is 0. The minimum Gasteiger partial charge on any atom is -0.297 e. The summed E-state index contributed by atoms with van der Waals surface area (Å²) < 4.78 is 0.765. The van der Waals surface area contributed by atoms with Gasteiger partial charge in [-0.15, -0.1) is 0 Å². The van der Waals surface area contributed by atoms with Gasteiger partial charge < -0.3 is 0 Å². The van der Waals surface area contributed by atoms with Crippen molar-refractivity contribution in [2.75, 3.05) is 4.90 Å². The van der Waals surface area contributed by atoms with E-state index in [1.54, 1.807) is 30.3 Å². The lowest BCUT2D eigenvalue weighted by Gasteiger charge is -2.39. The number of hydrogen-bond donors (Lipinski definition) is 0. The summed E-state index contributed by atoms with van der Waals surface area (Å²) in [5, 5.41) is 1.01. The van der Waals surface area contributed by atoms with Crippen molar-refractivity contribution in [2.24, 2.45) is 11.8 Å². The zero-order valence-corrected chi connectivity index (χ0v) is 27.8. The van der Waals surface area contributed by atoms with Crippen LogP contribution in [0, 0.1) is 15.4 Å². The van der Waals surface area contributed by atoms with Crippen LogP contribution in [0.2, 0.25) is 10.0 Å². The van der Waals surface area contributed by atoms with Gasteiger partial charge >= 0.3 is 0 Å². The van der Waals surface area contributed by atoms with Crippen LogP contribution in [0.5, 0.6) is 0 Å². The molecule has 1 heterocycles. The van der Waals surface area contributed by atoms with Crippen LogP contribution in [0.4, 0.5) is 5.69 Å². The predicted molar refractivity (Wildman–Crippen MR) is 190 cm³/mol. The SMILES string of the molecule is O=C1[C@H]2[C@H](C(=O)N1c1ccccc1I)[C@@]1(c3ccc(Cl)cc3)C(=O)[C@@]2(c2ccc(Cl)cc2)C(c2ccccc2)=C1c1ccccc1. The third kappa shape index (κ3) is 3.76. The van der Waals surface area contributed by atoms with Gasteiger partial charge in [-0.2, -0.15) is 0 Å². The van der Waals surface area contributed by atoms with Crippen LogP contribution in [-0.4, -0.2) is 17.6 Å².